The quantitative estimate of drug-likeness (QED) is 0.208. The summed E-state index contributed by atoms with van der Waals surface area (Å²) in [5.74, 6) is -4.92. The minimum Gasteiger partial charge on any atom is -0.478 e. The van der Waals surface area contributed by atoms with Crippen molar-refractivity contribution in [2.75, 3.05) is 13.2 Å². The van der Waals surface area contributed by atoms with Gasteiger partial charge in [0.05, 0.1) is 24.3 Å². The van der Waals surface area contributed by atoms with Crippen molar-refractivity contribution in [1.82, 2.24) is 5.32 Å². The van der Waals surface area contributed by atoms with Gasteiger partial charge in [0.1, 0.15) is 6.10 Å². The van der Waals surface area contributed by atoms with Crippen molar-refractivity contribution in [3.8, 4) is 0 Å². The van der Waals surface area contributed by atoms with E-state index in [9.17, 15) is 24.3 Å². The molecule has 0 spiro atoms. The van der Waals surface area contributed by atoms with E-state index in [4.69, 9.17) is 18.9 Å². The van der Waals surface area contributed by atoms with Crippen molar-refractivity contribution in [1.29, 1.82) is 0 Å². The third-order valence-electron chi connectivity index (χ3n) is 5.69. The number of carboxylic acid groups (broad SMARTS) is 1. The fourth-order valence-electron chi connectivity index (χ4n) is 3.61. The smallest absolute Gasteiger partial charge is 0.352 e. The minimum atomic E-state index is -2.19. The molecule has 3 atom stereocenters. The Bertz CT molecular complexity index is 1270. The van der Waals surface area contributed by atoms with Gasteiger partial charge in [-0.3, -0.25) is 0 Å². The predicted molar refractivity (Wildman–Crippen MR) is 148 cm³/mol. The standard InChI is InChI=1S/C31H33NO9/c1-21(2)32-18-25(20-38-19-22-12-6-3-7-13-22)39-31(37)27(41-30(36)24-16-10-5-11-17-24)26(28(33)34)40-29(35)23-14-8-4-9-15-23/h3-17,21,25-27,32H,18-20H2,1-2H3,(H,33,34)/t25-,26+,27+/m1/s1. The number of esters is 3. The van der Waals surface area contributed by atoms with Crippen LogP contribution in [0.25, 0.3) is 0 Å². The first-order valence-corrected chi connectivity index (χ1v) is 13.0. The molecule has 41 heavy (non-hydrogen) atoms. The largest absolute Gasteiger partial charge is 0.478 e. The number of hydrogen-bond donors (Lipinski definition) is 2. The summed E-state index contributed by atoms with van der Waals surface area (Å²) in [6, 6.07) is 24.7. The molecule has 10 heteroatoms. The lowest BCUT2D eigenvalue weighted by Crippen LogP contribution is -2.49. The highest BCUT2D eigenvalue weighted by Crippen LogP contribution is 2.16. The van der Waals surface area contributed by atoms with Crippen molar-refractivity contribution in [2.45, 2.75) is 44.8 Å². The second-order valence-corrected chi connectivity index (χ2v) is 9.34. The highest BCUT2D eigenvalue weighted by molar-refractivity contribution is 5.95. The van der Waals surface area contributed by atoms with E-state index in [1.807, 2.05) is 44.2 Å². The summed E-state index contributed by atoms with van der Waals surface area (Å²) in [6.45, 7) is 4.17. The second-order valence-electron chi connectivity index (χ2n) is 9.34. The average molecular weight is 564 g/mol. The monoisotopic (exact) mass is 563 g/mol. The Morgan fingerprint density at radius 2 is 1.20 bits per heavy atom. The predicted octanol–water partition coefficient (Wildman–Crippen LogP) is 3.65. The molecule has 216 valence electrons. The zero-order chi connectivity index (χ0) is 29.6. The maximum atomic E-state index is 13.4. The maximum Gasteiger partial charge on any atom is 0.352 e. The van der Waals surface area contributed by atoms with E-state index in [1.54, 1.807) is 36.4 Å². The lowest BCUT2D eigenvalue weighted by molar-refractivity contribution is -0.176. The van der Waals surface area contributed by atoms with E-state index in [-0.39, 0.29) is 36.9 Å². The van der Waals surface area contributed by atoms with Crippen LogP contribution < -0.4 is 5.32 Å². The molecule has 10 nitrogen and oxygen atoms in total. The molecule has 0 aliphatic carbocycles. The fourth-order valence-corrected chi connectivity index (χ4v) is 3.61. The van der Waals surface area contributed by atoms with Crippen LogP contribution in [0, 0.1) is 0 Å². The summed E-state index contributed by atoms with van der Waals surface area (Å²) in [6.07, 6.45) is -5.18. The van der Waals surface area contributed by atoms with Gasteiger partial charge in [0.15, 0.2) is 0 Å². The van der Waals surface area contributed by atoms with E-state index >= 15 is 0 Å². The van der Waals surface area contributed by atoms with Gasteiger partial charge in [-0.15, -0.1) is 0 Å². The Balaban J connectivity index is 1.82. The molecule has 0 amide bonds. The number of rotatable bonds is 15. The molecule has 0 heterocycles. The van der Waals surface area contributed by atoms with Crippen LogP contribution in [0.1, 0.15) is 40.1 Å². The van der Waals surface area contributed by atoms with Crippen LogP contribution in [0.15, 0.2) is 91.0 Å². The van der Waals surface area contributed by atoms with Crippen LogP contribution in [0.4, 0.5) is 0 Å². The van der Waals surface area contributed by atoms with Crippen LogP contribution in [-0.2, 0) is 35.1 Å². The van der Waals surface area contributed by atoms with Crippen molar-refractivity contribution in [3.63, 3.8) is 0 Å². The number of ether oxygens (including phenoxy) is 4. The first-order valence-electron chi connectivity index (χ1n) is 13.0. The van der Waals surface area contributed by atoms with E-state index in [0.717, 1.165) is 5.56 Å². The van der Waals surface area contributed by atoms with Crippen LogP contribution >= 0.6 is 0 Å². The summed E-state index contributed by atoms with van der Waals surface area (Å²) >= 11 is 0. The number of carbonyl (C=O) groups excluding carboxylic acids is 3. The van der Waals surface area contributed by atoms with Gasteiger partial charge in [-0.25, -0.2) is 19.2 Å². The Morgan fingerprint density at radius 1 is 0.707 bits per heavy atom. The van der Waals surface area contributed by atoms with Crippen molar-refractivity contribution in [2.24, 2.45) is 0 Å². The fraction of sp³-hybridized carbons (Fsp3) is 0.290. The Kier molecular flexibility index (Phi) is 12.0. The summed E-state index contributed by atoms with van der Waals surface area (Å²) in [7, 11) is 0. The number of carboxylic acids is 1. The van der Waals surface area contributed by atoms with Gasteiger partial charge < -0.3 is 29.4 Å². The van der Waals surface area contributed by atoms with Gasteiger partial charge in [-0.2, -0.15) is 0 Å². The zero-order valence-electron chi connectivity index (χ0n) is 22.8. The highest BCUT2D eigenvalue weighted by atomic mass is 16.6. The van der Waals surface area contributed by atoms with Gasteiger partial charge >= 0.3 is 23.9 Å². The van der Waals surface area contributed by atoms with E-state index < -0.39 is 42.2 Å². The molecular weight excluding hydrogens is 530 g/mol. The minimum absolute atomic E-state index is 0.0376. The third-order valence-corrected chi connectivity index (χ3v) is 5.69. The highest BCUT2D eigenvalue weighted by Gasteiger charge is 2.43. The van der Waals surface area contributed by atoms with E-state index in [1.165, 1.54) is 24.3 Å². The molecule has 0 fully saturated rings. The summed E-state index contributed by atoms with van der Waals surface area (Å²) in [5, 5.41) is 13.1. The number of aliphatic carboxylic acids is 1. The Hall–Kier alpha value is -4.54. The van der Waals surface area contributed by atoms with E-state index in [2.05, 4.69) is 5.32 Å². The zero-order valence-corrected chi connectivity index (χ0v) is 22.8. The topological polar surface area (TPSA) is 137 Å². The van der Waals surface area contributed by atoms with Crippen LogP contribution in [0.5, 0.6) is 0 Å². The van der Waals surface area contributed by atoms with Gasteiger partial charge in [-0.1, -0.05) is 80.6 Å². The normalized spacial score (nSPS) is 13.0. The molecule has 0 saturated carbocycles. The second kappa shape index (κ2) is 15.9. The number of benzene rings is 3. The van der Waals surface area contributed by atoms with Gasteiger partial charge in [-0.05, 0) is 29.8 Å². The Morgan fingerprint density at radius 3 is 1.68 bits per heavy atom. The molecule has 0 aliphatic rings. The molecule has 0 aliphatic heterocycles. The molecule has 0 saturated heterocycles. The lowest BCUT2D eigenvalue weighted by atomic mass is 10.1. The van der Waals surface area contributed by atoms with Crippen molar-refractivity contribution < 1.29 is 43.2 Å². The molecule has 3 aromatic rings. The first kappa shape index (κ1) is 31.0. The van der Waals surface area contributed by atoms with Gasteiger partial charge in [0.25, 0.3) is 0 Å². The molecular formula is C31H33NO9. The molecule has 3 aromatic carbocycles. The van der Waals surface area contributed by atoms with Crippen molar-refractivity contribution in [3.05, 3.63) is 108 Å². The van der Waals surface area contributed by atoms with E-state index in [0.29, 0.717) is 0 Å². The molecule has 0 bridgehead atoms. The molecule has 0 unspecified atom stereocenters. The van der Waals surface area contributed by atoms with Crippen molar-refractivity contribution >= 4 is 23.9 Å². The van der Waals surface area contributed by atoms with Crippen LogP contribution in [0.2, 0.25) is 0 Å². The first-order chi connectivity index (χ1) is 19.7. The van der Waals surface area contributed by atoms with Gasteiger partial charge in [0.2, 0.25) is 12.2 Å². The molecule has 2 N–H and O–H groups in total. The van der Waals surface area contributed by atoms with Crippen LogP contribution in [-0.4, -0.2) is 66.5 Å². The third kappa shape index (κ3) is 10.2. The average Bonchev–Trinajstić information content (AvgIpc) is 2.98. The number of carbonyl (C=O) groups is 4. The number of hydrogen-bond acceptors (Lipinski definition) is 9. The van der Waals surface area contributed by atoms with Crippen LogP contribution in [0.3, 0.4) is 0 Å². The van der Waals surface area contributed by atoms with Gasteiger partial charge in [0, 0.05) is 12.6 Å². The number of nitrogens with one attached hydrogen (secondary N) is 1. The summed E-state index contributed by atoms with van der Waals surface area (Å²) < 4.78 is 21.8. The molecule has 0 aromatic heterocycles. The maximum absolute atomic E-state index is 13.4. The molecule has 3 rings (SSSR count). The summed E-state index contributed by atoms with van der Waals surface area (Å²) in [4.78, 5) is 51.3. The lowest BCUT2D eigenvalue weighted by Gasteiger charge is -2.26. The molecule has 0 radical (unpaired) electrons. The Labute approximate surface area is 238 Å². The SMILES string of the molecule is CC(C)NC[C@H](COCc1ccccc1)OC(=O)[C@@H](OC(=O)c1ccccc1)[C@H](OC(=O)c1ccccc1)C(=O)O. The summed E-state index contributed by atoms with van der Waals surface area (Å²) in [5.41, 5.74) is 1.02.